The number of carbonyl (C=O) groups is 2. The molecule has 1 aliphatic rings. The molecule has 0 heterocycles. The first-order valence-electron chi connectivity index (χ1n) is 14.6. The Morgan fingerprint density at radius 1 is 0.489 bits per heavy atom. The van der Waals surface area contributed by atoms with E-state index in [4.69, 9.17) is 0 Å². The Labute approximate surface area is 266 Å². The summed E-state index contributed by atoms with van der Waals surface area (Å²) >= 11 is 0. The van der Waals surface area contributed by atoms with Gasteiger partial charge in [0.05, 0.1) is 16.7 Å². The molecule has 4 aromatic carbocycles. The highest BCUT2D eigenvalue weighted by molar-refractivity contribution is 6.40. The van der Waals surface area contributed by atoms with Gasteiger partial charge in [0.2, 0.25) is 0 Å². The Morgan fingerprint density at radius 3 is 1.24 bits per heavy atom. The van der Waals surface area contributed by atoms with Crippen LogP contribution < -0.4 is 14.7 Å². The van der Waals surface area contributed by atoms with Crippen LogP contribution in [0.5, 0.6) is 0 Å². The van der Waals surface area contributed by atoms with Crippen LogP contribution in [0, 0.1) is 23.7 Å². The summed E-state index contributed by atoms with van der Waals surface area (Å²) in [5, 5.41) is 0. The third kappa shape index (κ3) is 6.90. The molecule has 1 aliphatic carbocycles. The van der Waals surface area contributed by atoms with Crippen molar-refractivity contribution < 1.29 is 9.59 Å². The Balaban J connectivity index is 1.53. The van der Waals surface area contributed by atoms with Crippen LogP contribution in [0.25, 0.3) is 6.08 Å². The summed E-state index contributed by atoms with van der Waals surface area (Å²) in [7, 11) is 11.9. The molecular formula is C40H35N3O2. The number of allylic oxidation sites excluding steroid dienone is 3. The number of hydrogen-bond acceptors (Lipinski definition) is 5. The molecule has 0 N–H and O–H groups in total. The fourth-order valence-corrected chi connectivity index (χ4v) is 4.91. The number of benzene rings is 4. The Kier molecular flexibility index (Phi) is 9.03. The van der Waals surface area contributed by atoms with Gasteiger partial charge in [-0.15, -0.1) is 0 Å². The summed E-state index contributed by atoms with van der Waals surface area (Å²) in [5.41, 5.74) is 7.55. The molecule has 5 rings (SSSR count). The number of hydrogen-bond donors (Lipinski definition) is 0. The second-order valence-corrected chi connectivity index (χ2v) is 11.4. The van der Waals surface area contributed by atoms with Gasteiger partial charge in [-0.05, 0) is 84.4 Å². The molecule has 5 heteroatoms. The van der Waals surface area contributed by atoms with Crippen LogP contribution in [0.1, 0.15) is 48.5 Å². The molecule has 0 bridgehead atoms. The van der Waals surface area contributed by atoms with Gasteiger partial charge >= 0.3 is 0 Å². The number of rotatable bonds is 5. The van der Waals surface area contributed by atoms with E-state index in [-0.39, 0.29) is 17.1 Å². The van der Waals surface area contributed by atoms with Crippen LogP contribution in [0.3, 0.4) is 0 Å². The zero-order valence-electron chi connectivity index (χ0n) is 26.5. The molecule has 0 spiro atoms. The third-order valence-corrected chi connectivity index (χ3v) is 7.56. The Morgan fingerprint density at radius 2 is 0.867 bits per heavy atom. The first-order chi connectivity index (χ1) is 21.6. The molecule has 0 saturated carbocycles. The number of fused-ring (bicyclic) bond motifs is 1. The number of Topliss-reactive ketones (excluding diaryl/α,β-unsaturated/α-hetero) is 2. The molecular weight excluding hydrogens is 554 g/mol. The maximum Gasteiger partial charge on any atom is 0.199 e. The highest BCUT2D eigenvalue weighted by Gasteiger charge is 2.36. The van der Waals surface area contributed by atoms with Crippen molar-refractivity contribution in [3.8, 4) is 23.7 Å². The predicted molar refractivity (Wildman–Crippen MR) is 186 cm³/mol. The molecule has 45 heavy (non-hydrogen) atoms. The topological polar surface area (TPSA) is 43.9 Å². The van der Waals surface area contributed by atoms with E-state index in [0.29, 0.717) is 22.3 Å². The van der Waals surface area contributed by atoms with E-state index in [1.54, 1.807) is 24.3 Å². The van der Waals surface area contributed by atoms with Crippen molar-refractivity contribution in [3.05, 3.63) is 142 Å². The van der Waals surface area contributed by atoms with Gasteiger partial charge in [0.15, 0.2) is 11.6 Å². The largest absolute Gasteiger partial charge is 0.378 e. The molecule has 0 fully saturated rings. The van der Waals surface area contributed by atoms with Crippen molar-refractivity contribution in [2.45, 2.75) is 0 Å². The van der Waals surface area contributed by atoms with E-state index >= 15 is 0 Å². The average molecular weight is 590 g/mol. The van der Waals surface area contributed by atoms with E-state index in [1.807, 2.05) is 136 Å². The molecule has 0 atom stereocenters. The lowest BCUT2D eigenvalue weighted by Gasteiger charge is -2.11. The van der Waals surface area contributed by atoms with Crippen LogP contribution in [-0.4, -0.2) is 53.9 Å². The lowest BCUT2D eigenvalue weighted by Crippen LogP contribution is -2.07. The highest BCUT2D eigenvalue weighted by atomic mass is 16.2. The second-order valence-electron chi connectivity index (χ2n) is 11.4. The van der Waals surface area contributed by atoms with E-state index in [0.717, 1.165) is 33.8 Å². The van der Waals surface area contributed by atoms with Crippen LogP contribution >= 0.6 is 0 Å². The highest BCUT2D eigenvalue weighted by Crippen LogP contribution is 2.32. The summed E-state index contributed by atoms with van der Waals surface area (Å²) in [4.78, 5) is 33.7. The molecule has 222 valence electrons. The summed E-state index contributed by atoms with van der Waals surface area (Å²) < 4.78 is 0. The normalized spacial score (nSPS) is 11.8. The third-order valence-electron chi connectivity index (χ3n) is 7.56. The first kappa shape index (κ1) is 30.7. The van der Waals surface area contributed by atoms with Gasteiger partial charge < -0.3 is 14.7 Å². The number of anilines is 3. The minimum atomic E-state index is -0.339. The number of ketones is 2. The van der Waals surface area contributed by atoms with Crippen LogP contribution in [-0.2, 0) is 0 Å². The fraction of sp³-hybridized carbons (Fsp3) is 0.150. The van der Waals surface area contributed by atoms with E-state index < -0.39 is 0 Å². The monoisotopic (exact) mass is 589 g/mol. The van der Waals surface area contributed by atoms with Crippen molar-refractivity contribution in [3.63, 3.8) is 0 Å². The standard InChI is InChI=1S/C40H35N3O2/c1-41(2)33-22-12-28(13-23-33)8-7-9-36-39(44)37-31(18-10-29-14-24-34(25-15-29)42(3)4)20-21-32(38(37)40(36)45)19-11-30-16-26-35(27-17-30)43(5)6/h7-9,12-17,20-27H,1-6H3/b8-7+. The minimum absolute atomic E-state index is 0.106. The van der Waals surface area contributed by atoms with Crippen molar-refractivity contribution >= 4 is 34.7 Å². The first-order valence-corrected chi connectivity index (χ1v) is 14.6. The lowest BCUT2D eigenvalue weighted by molar-refractivity contribution is 0.0988. The fourth-order valence-electron chi connectivity index (χ4n) is 4.91. The van der Waals surface area contributed by atoms with Crippen molar-refractivity contribution in [1.29, 1.82) is 0 Å². The van der Waals surface area contributed by atoms with Crippen LogP contribution in [0.2, 0.25) is 0 Å². The lowest BCUT2D eigenvalue weighted by atomic mass is 9.97. The molecule has 0 amide bonds. The smallest absolute Gasteiger partial charge is 0.199 e. The van der Waals surface area contributed by atoms with Crippen LogP contribution in [0.4, 0.5) is 17.1 Å². The average Bonchev–Trinajstić information content (AvgIpc) is 3.29. The van der Waals surface area contributed by atoms with Gasteiger partial charge in [-0.3, -0.25) is 9.59 Å². The molecule has 5 nitrogen and oxygen atoms in total. The predicted octanol–water partition coefficient (Wildman–Crippen LogP) is 6.70. The molecule has 0 saturated heterocycles. The van der Waals surface area contributed by atoms with E-state index in [2.05, 4.69) is 23.7 Å². The minimum Gasteiger partial charge on any atom is -0.378 e. The van der Waals surface area contributed by atoms with Crippen molar-refractivity contribution in [2.75, 3.05) is 57.0 Å². The van der Waals surface area contributed by atoms with Gasteiger partial charge in [-0.1, -0.05) is 48.0 Å². The number of carbonyl (C=O) groups excluding carboxylic acids is 2. The second kappa shape index (κ2) is 13.2. The van der Waals surface area contributed by atoms with E-state index in [9.17, 15) is 9.59 Å². The van der Waals surface area contributed by atoms with Gasteiger partial charge in [0, 0.05) is 81.6 Å². The SMILES string of the molecule is CN(C)c1ccc(C#Cc2ccc(C#Cc3ccc(N(C)C)cc3)c3c2C(=O)C(=C/C=C/c2ccc(N(C)C)cc2)C3=O)cc1. The zero-order valence-corrected chi connectivity index (χ0v) is 26.5. The summed E-state index contributed by atoms with van der Waals surface area (Å²) in [6.45, 7) is 0. The summed E-state index contributed by atoms with van der Waals surface area (Å²) in [6.07, 6.45) is 5.22. The molecule has 0 aliphatic heterocycles. The quantitative estimate of drug-likeness (QED) is 0.147. The maximum atomic E-state index is 13.8. The van der Waals surface area contributed by atoms with E-state index in [1.165, 1.54) is 0 Å². The zero-order chi connectivity index (χ0) is 32.1. The maximum absolute atomic E-state index is 13.8. The Hall–Kier alpha value is -5.78. The molecule has 0 radical (unpaired) electrons. The summed E-state index contributed by atoms with van der Waals surface area (Å²) in [6, 6.07) is 27.4. The van der Waals surface area contributed by atoms with Gasteiger partial charge in [0.1, 0.15) is 0 Å². The molecule has 4 aromatic rings. The Bertz CT molecular complexity index is 1830. The van der Waals surface area contributed by atoms with Gasteiger partial charge in [-0.2, -0.15) is 0 Å². The molecule has 0 unspecified atom stereocenters. The molecule has 0 aromatic heterocycles. The van der Waals surface area contributed by atoms with Crippen LogP contribution in [0.15, 0.2) is 103 Å². The van der Waals surface area contributed by atoms with Crippen molar-refractivity contribution in [1.82, 2.24) is 0 Å². The van der Waals surface area contributed by atoms with Crippen molar-refractivity contribution in [2.24, 2.45) is 0 Å². The van der Waals surface area contributed by atoms with Gasteiger partial charge in [0.25, 0.3) is 0 Å². The summed E-state index contributed by atoms with van der Waals surface area (Å²) in [5.74, 6) is 12.0. The van der Waals surface area contributed by atoms with Gasteiger partial charge in [-0.25, -0.2) is 0 Å². The number of nitrogens with zero attached hydrogens (tertiary/aromatic N) is 3.